The molecule has 5 heteroatoms. The quantitative estimate of drug-likeness (QED) is 0.921. The highest BCUT2D eigenvalue weighted by molar-refractivity contribution is 7.99. The minimum Gasteiger partial charge on any atom is -0.373 e. The lowest BCUT2D eigenvalue weighted by atomic mass is 10.1. The van der Waals surface area contributed by atoms with Crippen molar-refractivity contribution in [3.05, 3.63) is 36.0 Å². The molecule has 0 bridgehead atoms. The largest absolute Gasteiger partial charge is 0.373 e. The molecule has 1 saturated heterocycles. The van der Waals surface area contributed by atoms with Gasteiger partial charge in [-0.2, -0.15) is 11.8 Å². The first kappa shape index (κ1) is 13.2. The molecule has 1 aromatic heterocycles. The Kier molecular flexibility index (Phi) is 3.78. The molecule has 4 nitrogen and oxygen atoms in total. The van der Waals surface area contributed by atoms with Crippen molar-refractivity contribution in [3.8, 4) is 0 Å². The standard InChI is InChI=1S/C15H17N3OS/c1-16-14-12-5-3-2-4-11(12)13(10-17-14)15(19)18-6-8-20-9-7-18/h2-5,10H,6-9H2,1H3,(H,16,17). The summed E-state index contributed by atoms with van der Waals surface area (Å²) in [6.45, 7) is 1.65. The van der Waals surface area contributed by atoms with E-state index in [-0.39, 0.29) is 5.91 Å². The number of carbonyl (C=O) groups is 1. The molecule has 0 saturated carbocycles. The number of amides is 1. The molecule has 2 aromatic rings. The second-order valence-corrected chi connectivity index (χ2v) is 5.95. The smallest absolute Gasteiger partial charge is 0.256 e. The van der Waals surface area contributed by atoms with Crippen LogP contribution in [0.4, 0.5) is 5.82 Å². The van der Waals surface area contributed by atoms with Gasteiger partial charge in [0.25, 0.3) is 5.91 Å². The Bertz CT molecular complexity index is 638. The van der Waals surface area contributed by atoms with Gasteiger partial charge in [0.05, 0.1) is 5.56 Å². The van der Waals surface area contributed by atoms with E-state index in [9.17, 15) is 4.79 Å². The number of nitrogens with zero attached hydrogens (tertiary/aromatic N) is 2. The molecule has 0 unspecified atom stereocenters. The van der Waals surface area contributed by atoms with Gasteiger partial charge in [-0.25, -0.2) is 4.98 Å². The average Bonchev–Trinajstić information content (AvgIpc) is 2.54. The third-order valence-corrected chi connectivity index (χ3v) is 4.50. The van der Waals surface area contributed by atoms with E-state index in [1.807, 2.05) is 48.0 Å². The molecule has 1 N–H and O–H groups in total. The van der Waals surface area contributed by atoms with Crippen molar-refractivity contribution in [2.75, 3.05) is 37.0 Å². The van der Waals surface area contributed by atoms with Crippen LogP contribution in [0.15, 0.2) is 30.5 Å². The summed E-state index contributed by atoms with van der Waals surface area (Å²) in [5.74, 6) is 2.94. The van der Waals surface area contributed by atoms with Crippen molar-refractivity contribution in [3.63, 3.8) is 0 Å². The summed E-state index contributed by atoms with van der Waals surface area (Å²) >= 11 is 1.90. The van der Waals surface area contributed by atoms with Crippen LogP contribution < -0.4 is 5.32 Å². The summed E-state index contributed by atoms with van der Waals surface area (Å²) in [6.07, 6.45) is 1.69. The van der Waals surface area contributed by atoms with Crippen LogP contribution in [0.1, 0.15) is 10.4 Å². The maximum absolute atomic E-state index is 12.7. The minimum atomic E-state index is 0.0941. The van der Waals surface area contributed by atoms with E-state index in [0.29, 0.717) is 5.56 Å². The summed E-state index contributed by atoms with van der Waals surface area (Å²) < 4.78 is 0. The van der Waals surface area contributed by atoms with Crippen molar-refractivity contribution >= 4 is 34.3 Å². The molecule has 0 atom stereocenters. The highest BCUT2D eigenvalue weighted by Crippen LogP contribution is 2.25. The number of anilines is 1. The molecule has 20 heavy (non-hydrogen) atoms. The average molecular weight is 287 g/mol. The Morgan fingerprint density at radius 1 is 1.25 bits per heavy atom. The molecule has 1 amide bonds. The number of hydrogen-bond donors (Lipinski definition) is 1. The molecule has 104 valence electrons. The second kappa shape index (κ2) is 5.71. The number of pyridine rings is 1. The molecular formula is C15H17N3OS. The third kappa shape index (κ3) is 2.33. The number of nitrogens with one attached hydrogen (secondary N) is 1. The summed E-state index contributed by atoms with van der Waals surface area (Å²) in [7, 11) is 1.85. The second-order valence-electron chi connectivity index (χ2n) is 4.72. The van der Waals surface area contributed by atoms with Crippen molar-refractivity contribution in [2.45, 2.75) is 0 Å². The monoisotopic (exact) mass is 287 g/mol. The number of hydrogen-bond acceptors (Lipinski definition) is 4. The van der Waals surface area contributed by atoms with Crippen LogP contribution in [0.25, 0.3) is 10.8 Å². The van der Waals surface area contributed by atoms with Crippen molar-refractivity contribution in [1.82, 2.24) is 9.88 Å². The SMILES string of the molecule is CNc1ncc(C(=O)N2CCSCC2)c2ccccc12. The maximum Gasteiger partial charge on any atom is 0.256 e. The van der Waals surface area contributed by atoms with Crippen LogP contribution >= 0.6 is 11.8 Å². The number of benzene rings is 1. The zero-order chi connectivity index (χ0) is 13.9. The fourth-order valence-corrected chi connectivity index (χ4v) is 3.40. The van der Waals surface area contributed by atoms with Crippen LogP contribution in [0, 0.1) is 0 Å². The van der Waals surface area contributed by atoms with Gasteiger partial charge in [-0.3, -0.25) is 4.79 Å². The third-order valence-electron chi connectivity index (χ3n) is 3.56. The Morgan fingerprint density at radius 2 is 1.95 bits per heavy atom. The van der Waals surface area contributed by atoms with Gasteiger partial charge in [-0.05, 0) is 5.39 Å². The molecule has 1 fully saturated rings. The van der Waals surface area contributed by atoms with Crippen LogP contribution in [-0.4, -0.2) is 47.4 Å². The van der Waals surface area contributed by atoms with Crippen LogP contribution in [0.5, 0.6) is 0 Å². The van der Waals surface area contributed by atoms with Crippen molar-refractivity contribution in [2.24, 2.45) is 0 Å². The van der Waals surface area contributed by atoms with Gasteiger partial charge in [0.1, 0.15) is 5.82 Å². The van der Waals surface area contributed by atoms with Crippen LogP contribution in [0.2, 0.25) is 0 Å². The molecule has 1 aromatic carbocycles. The van der Waals surface area contributed by atoms with Crippen LogP contribution in [-0.2, 0) is 0 Å². The van der Waals surface area contributed by atoms with E-state index in [2.05, 4.69) is 10.3 Å². The predicted octanol–water partition coefficient (Wildman–Crippen LogP) is 2.47. The molecule has 3 rings (SSSR count). The fourth-order valence-electron chi connectivity index (χ4n) is 2.50. The number of aromatic nitrogens is 1. The minimum absolute atomic E-state index is 0.0941. The Labute approximate surface area is 122 Å². The molecule has 0 aliphatic carbocycles. The molecular weight excluding hydrogens is 270 g/mol. The molecule has 1 aliphatic rings. The normalized spacial score (nSPS) is 15.3. The highest BCUT2D eigenvalue weighted by atomic mass is 32.2. The highest BCUT2D eigenvalue weighted by Gasteiger charge is 2.21. The maximum atomic E-state index is 12.7. The lowest BCUT2D eigenvalue weighted by molar-refractivity contribution is 0.0774. The van der Waals surface area contributed by atoms with Crippen molar-refractivity contribution in [1.29, 1.82) is 0 Å². The number of fused-ring (bicyclic) bond motifs is 1. The van der Waals surface area contributed by atoms with Crippen molar-refractivity contribution < 1.29 is 4.79 Å². The van der Waals surface area contributed by atoms with Gasteiger partial charge in [0, 0.05) is 43.2 Å². The zero-order valence-corrected chi connectivity index (χ0v) is 12.2. The first-order chi connectivity index (χ1) is 9.81. The fraction of sp³-hybridized carbons (Fsp3) is 0.333. The first-order valence-electron chi connectivity index (χ1n) is 6.74. The van der Waals surface area contributed by atoms with E-state index < -0.39 is 0 Å². The van der Waals surface area contributed by atoms with Gasteiger partial charge in [0.2, 0.25) is 0 Å². The summed E-state index contributed by atoms with van der Waals surface area (Å²) in [4.78, 5) is 19.0. The van der Waals surface area contributed by atoms with E-state index in [4.69, 9.17) is 0 Å². The first-order valence-corrected chi connectivity index (χ1v) is 7.89. The lowest BCUT2D eigenvalue weighted by Crippen LogP contribution is -2.38. The van der Waals surface area contributed by atoms with Crippen LogP contribution in [0.3, 0.4) is 0 Å². The predicted molar refractivity (Wildman–Crippen MR) is 84.5 cm³/mol. The summed E-state index contributed by atoms with van der Waals surface area (Å²) in [5.41, 5.74) is 0.700. The lowest BCUT2D eigenvalue weighted by Gasteiger charge is -2.26. The molecule has 0 radical (unpaired) electrons. The summed E-state index contributed by atoms with van der Waals surface area (Å²) in [6, 6.07) is 7.92. The number of thioether (sulfide) groups is 1. The van der Waals surface area contributed by atoms with Gasteiger partial charge in [-0.1, -0.05) is 24.3 Å². The van der Waals surface area contributed by atoms with E-state index in [0.717, 1.165) is 41.2 Å². The van der Waals surface area contributed by atoms with Gasteiger partial charge in [-0.15, -0.1) is 0 Å². The Morgan fingerprint density at radius 3 is 2.65 bits per heavy atom. The Hall–Kier alpha value is -1.75. The van der Waals surface area contributed by atoms with E-state index in [1.54, 1.807) is 6.20 Å². The zero-order valence-electron chi connectivity index (χ0n) is 11.4. The topological polar surface area (TPSA) is 45.2 Å². The molecule has 1 aliphatic heterocycles. The van der Waals surface area contributed by atoms with Gasteiger partial charge < -0.3 is 10.2 Å². The number of carbonyl (C=O) groups excluding carboxylic acids is 1. The van der Waals surface area contributed by atoms with Gasteiger partial charge in [0.15, 0.2) is 0 Å². The van der Waals surface area contributed by atoms with Gasteiger partial charge >= 0.3 is 0 Å². The summed E-state index contributed by atoms with van der Waals surface area (Å²) in [5, 5.41) is 5.04. The Balaban J connectivity index is 2.05. The van der Waals surface area contributed by atoms with E-state index >= 15 is 0 Å². The molecule has 0 spiro atoms. The number of rotatable bonds is 2. The molecule has 2 heterocycles. The van der Waals surface area contributed by atoms with E-state index in [1.165, 1.54) is 0 Å².